The molecule has 178 valence electrons. The average molecular weight is 480 g/mol. The second-order valence-corrected chi connectivity index (χ2v) is 9.57. The van der Waals surface area contributed by atoms with Crippen molar-refractivity contribution in [2.45, 2.75) is 33.2 Å². The maximum atomic E-state index is 12.7. The van der Waals surface area contributed by atoms with Crippen LogP contribution in [-0.4, -0.2) is 46.9 Å². The van der Waals surface area contributed by atoms with Crippen LogP contribution in [0.5, 0.6) is 0 Å². The highest BCUT2D eigenvalue weighted by molar-refractivity contribution is 7.09. The fourth-order valence-corrected chi connectivity index (χ4v) is 4.96. The first kappa shape index (κ1) is 23.8. The van der Waals surface area contributed by atoms with Crippen LogP contribution in [0.3, 0.4) is 0 Å². The van der Waals surface area contributed by atoms with Crippen LogP contribution in [0, 0.1) is 19.8 Å². The van der Waals surface area contributed by atoms with Crippen LogP contribution < -0.4 is 5.32 Å². The number of nitrogens with one attached hydrogen (secondary N) is 1. The van der Waals surface area contributed by atoms with Crippen molar-refractivity contribution in [1.82, 2.24) is 9.47 Å². The van der Waals surface area contributed by atoms with Gasteiger partial charge in [-0.1, -0.05) is 24.3 Å². The van der Waals surface area contributed by atoms with E-state index in [-0.39, 0.29) is 24.3 Å². The molecule has 0 spiro atoms. The Bertz CT molecular complexity index is 1150. The molecule has 2 aromatic heterocycles. The molecule has 8 heteroatoms. The van der Waals surface area contributed by atoms with Gasteiger partial charge in [-0.05, 0) is 56.3 Å². The monoisotopic (exact) mass is 479 g/mol. The molecule has 0 radical (unpaired) electrons. The highest BCUT2D eigenvalue weighted by atomic mass is 32.1. The van der Waals surface area contributed by atoms with Crippen LogP contribution in [0.1, 0.15) is 39.5 Å². The lowest BCUT2D eigenvalue weighted by atomic mass is 9.95. The standard InChI is InChI=1S/C26H29N3O4S/c1-18-15-23(19(2)29(18)16-22-9-6-14-34-22)26(32)33-17-24(30)28-12-10-20(11-13-28)25(31)27-21-7-4-3-5-8-21/h3-9,14-15,20H,10-13,16-17H2,1-2H3,(H,27,31). The first-order chi connectivity index (χ1) is 16.4. The number of esters is 1. The van der Waals surface area contributed by atoms with Gasteiger partial charge in [0.25, 0.3) is 5.91 Å². The molecule has 34 heavy (non-hydrogen) atoms. The van der Waals surface area contributed by atoms with E-state index >= 15 is 0 Å². The SMILES string of the molecule is Cc1cc(C(=O)OCC(=O)N2CCC(C(=O)Nc3ccccc3)CC2)c(C)n1Cc1cccs1. The molecule has 1 N–H and O–H groups in total. The number of likely N-dealkylation sites (tertiary alicyclic amines) is 1. The molecular formula is C26H29N3O4S. The summed E-state index contributed by atoms with van der Waals surface area (Å²) in [5.41, 5.74) is 3.06. The van der Waals surface area contributed by atoms with Gasteiger partial charge < -0.3 is 19.5 Å². The van der Waals surface area contributed by atoms with E-state index < -0.39 is 5.97 Å². The summed E-state index contributed by atoms with van der Waals surface area (Å²) in [4.78, 5) is 40.7. The van der Waals surface area contributed by atoms with Crippen LogP contribution in [0.25, 0.3) is 0 Å². The summed E-state index contributed by atoms with van der Waals surface area (Å²) in [5.74, 6) is -0.887. The summed E-state index contributed by atoms with van der Waals surface area (Å²) >= 11 is 1.67. The Morgan fingerprint density at radius 3 is 2.47 bits per heavy atom. The molecular weight excluding hydrogens is 450 g/mol. The number of amides is 2. The number of thiophene rings is 1. The first-order valence-corrected chi connectivity index (χ1v) is 12.3. The quantitative estimate of drug-likeness (QED) is 0.514. The molecule has 2 amide bonds. The second-order valence-electron chi connectivity index (χ2n) is 8.54. The lowest BCUT2D eigenvalue weighted by Crippen LogP contribution is -2.43. The topological polar surface area (TPSA) is 80.6 Å². The van der Waals surface area contributed by atoms with E-state index in [0.717, 1.165) is 17.1 Å². The minimum absolute atomic E-state index is 0.0253. The van der Waals surface area contributed by atoms with Crippen molar-refractivity contribution in [2.75, 3.05) is 25.0 Å². The molecule has 0 atom stereocenters. The number of carbonyl (C=O) groups is 3. The van der Waals surface area contributed by atoms with Gasteiger partial charge in [0, 0.05) is 41.0 Å². The number of nitrogens with zero attached hydrogens (tertiary/aromatic N) is 2. The van der Waals surface area contributed by atoms with E-state index in [0.29, 0.717) is 38.0 Å². The maximum Gasteiger partial charge on any atom is 0.340 e. The Labute approximate surface area is 203 Å². The van der Waals surface area contributed by atoms with Gasteiger partial charge in [0.2, 0.25) is 5.91 Å². The third-order valence-electron chi connectivity index (χ3n) is 6.27. The van der Waals surface area contributed by atoms with Gasteiger partial charge in [-0.3, -0.25) is 9.59 Å². The molecule has 1 saturated heterocycles. The zero-order valence-electron chi connectivity index (χ0n) is 19.5. The van der Waals surface area contributed by atoms with Crippen LogP contribution in [-0.2, 0) is 20.9 Å². The Morgan fingerprint density at radius 2 is 1.79 bits per heavy atom. The second kappa shape index (κ2) is 10.7. The summed E-state index contributed by atoms with van der Waals surface area (Å²) in [7, 11) is 0. The first-order valence-electron chi connectivity index (χ1n) is 11.4. The molecule has 3 aromatic rings. The number of hydrogen-bond acceptors (Lipinski definition) is 5. The van der Waals surface area contributed by atoms with Crippen LogP contribution in [0.2, 0.25) is 0 Å². The Kier molecular flexibility index (Phi) is 7.47. The van der Waals surface area contributed by atoms with Crippen molar-refractivity contribution < 1.29 is 19.1 Å². The van der Waals surface area contributed by atoms with Crippen molar-refractivity contribution in [3.05, 3.63) is 75.7 Å². The summed E-state index contributed by atoms with van der Waals surface area (Å²) < 4.78 is 7.44. The van der Waals surface area contributed by atoms with Crippen molar-refractivity contribution in [3.8, 4) is 0 Å². The summed E-state index contributed by atoms with van der Waals surface area (Å²) in [6, 6.07) is 15.2. The summed E-state index contributed by atoms with van der Waals surface area (Å²) in [6.07, 6.45) is 1.17. The lowest BCUT2D eigenvalue weighted by molar-refractivity contribution is -0.137. The molecule has 7 nitrogen and oxygen atoms in total. The third kappa shape index (κ3) is 5.56. The molecule has 0 saturated carbocycles. The largest absolute Gasteiger partial charge is 0.452 e. The predicted octanol–water partition coefficient (Wildman–Crippen LogP) is 4.25. The molecule has 3 heterocycles. The number of piperidine rings is 1. The minimum Gasteiger partial charge on any atom is -0.452 e. The Balaban J connectivity index is 1.26. The molecule has 0 bridgehead atoms. The number of ether oxygens (including phenoxy) is 1. The molecule has 0 aliphatic carbocycles. The highest BCUT2D eigenvalue weighted by Gasteiger charge is 2.28. The third-order valence-corrected chi connectivity index (χ3v) is 7.14. The Morgan fingerprint density at radius 1 is 1.06 bits per heavy atom. The van der Waals surface area contributed by atoms with E-state index in [1.165, 1.54) is 4.88 Å². The number of anilines is 1. The molecule has 0 unspecified atom stereocenters. The van der Waals surface area contributed by atoms with Gasteiger partial charge in [0.1, 0.15) is 0 Å². The number of aromatic nitrogens is 1. The lowest BCUT2D eigenvalue weighted by Gasteiger charge is -2.31. The van der Waals surface area contributed by atoms with E-state index in [2.05, 4.69) is 16.0 Å². The smallest absolute Gasteiger partial charge is 0.340 e. The zero-order valence-corrected chi connectivity index (χ0v) is 20.3. The number of rotatable bonds is 7. The minimum atomic E-state index is -0.490. The maximum absolute atomic E-state index is 12.7. The summed E-state index contributed by atoms with van der Waals surface area (Å²) in [5, 5.41) is 4.96. The Hall–Kier alpha value is -3.39. The molecule has 1 aliphatic heterocycles. The zero-order chi connectivity index (χ0) is 24.1. The fraction of sp³-hybridized carbons (Fsp3) is 0.346. The van der Waals surface area contributed by atoms with Gasteiger partial charge in [-0.25, -0.2) is 4.79 Å². The summed E-state index contributed by atoms with van der Waals surface area (Å²) in [6.45, 7) is 5.20. The van der Waals surface area contributed by atoms with Gasteiger partial charge in [-0.15, -0.1) is 11.3 Å². The van der Waals surface area contributed by atoms with E-state index in [9.17, 15) is 14.4 Å². The van der Waals surface area contributed by atoms with Crippen molar-refractivity contribution in [3.63, 3.8) is 0 Å². The van der Waals surface area contributed by atoms with Gasteiger partial charge in [-0.2, -0.15) is 0 Å². The molecule has 4 rings (SSSR count). The van der Waals surface area contributed by atoms with E-state index in [1.807, 2.05) is 61.7 Å². The number of benzene rings is 1. The fourth-order valence-electron chi connectivity index (χ4n) is 4.26. The number of aryl methyl sites for hydroxylation is 1. The normalized spacial score (nSPS) is 14.1. The van der Waals surface area contributed by atoms with Crippen LogP contribution in [0.15, 0.2) is 53.9 Å². The molecule has 1 aliphatic rings. The predicted molar refractivity (Wildman–Crippen MR) is 132 cm³/mol. The van der Waals surface area contributed by atoms with Crippen LogP contribution >= 0.6 is 11.3 Å². The van der Waals surface area contributed by atoms with Crippen molar-refractivity contribution >= 4 is 34.8 Å². The van der Waals surface area contributed by atoms with Gasteiger partial charge >= 0.3 is 5.97 Å². The van der Waals surface area contributed by atoms with Gasteiger partial charge in [0.05, 0.1) is 12.1 Å². The van der Waals surface area contributed by atoms with Crippen LogP contribution in [0.4, 0.5) is 5.69 Å². The van der Waals surface area contributed by atoms with Crippen molar-refractivity contribution in [1.29, 1.82) is 0 Å². The number of para-hydroxylation sites is 1. The molecule has 1 aromatic carbocycles. The molecule has 1 fully saturated rings. The number of hydrogen-bond donors (Lipinski definition) is 1. The van der Waals surface area contributed by atoms with E-state index in [1.54, 1.807) is 16.2 Å². The van der Waals surface area contributed by atoms with Gasteiger partial charge in [0.15, 0.2) is 6.61 Å². The average Bonchev–Trinajstić information content (AvgIpc) is 3.47. The highest BCUT2D eigenvalue weighted by Crippen LogP contribution is 2.21. The van der Waals surface area contributed by atoms with Crippen molar-refractivity contribution in [2.24, 2.45) is 5.92 Å². The number of carbonyl (C=O) groups excluding carboxylic acids is 3. The van der Waals surface area contributed by atoms with E-state index in [4.69, 9.17) is 4.74 Å².